The van der Waals surface area contributed by atoms with Gasteiger partial charge in [-0.15, -0.1) is 24.0 Å². The maximum Gasteiger partial charge on any atom is 0.226 e. The number of likely N-dealkylation sites (tertiary alicyclic amines) is 1. The molecule has 0 aliphatic carbocycles. The second-order valence-corrected chi connectivity index (χ2v) is 6.97. The third kappa shape index (κ3) is 7.43. The van der Waals surface area contributed by atoms with E-state index in [-0.39, 0.29) is 24.0 Å². The number of aromatic nitrogens is 1. The largest absolute Gasteiger partial charge is 0.444 e. The SMILES string of the molecule is CN=C(NCCCN1CCCCCC1)NCc1coc(-c2ccccc2)n1.I. The molecule has 2 N–H and O–H groups in total. The zero-order valence-electron chi connectivity index (χ0n) is 16.7. The van der Waals surface area contributed by atoms with Crippen LogP contribution in [0, 0.1) is 0 Å². The zero-order chi connectivity index (χ0) is 18.7. The van der Waals surface area contributed by atoms with Crippen LogP contribution in [0.25, 0.3) is 11.5 Å². The minimum atomic E-state index is 0. The lowest BCUT2D eigenvalue weighted by molar-refractivity contribution is 0.282. The third-order valence-corrected chi connectivity index (χ3v) is 4.88. The van der Waals surface area contributed by atoms with Gasteiger partial charge < -0.3 is 20.0 Å². The van der Waals surface area contributed by atoms with Gasteiger partial charge in [-0.2, -0.15) is 0 Å². The van der Waals surface area contributed by atoms with Gasteiger partial charge >= 0.3 is 0 Å². The molecule has 1 aromatic carbocycles. The molecule has 1 aliphatic heterocycles. The maximum atomic E-state index is 5.58. The summed E-state index contributed by atoms with van der Waals surface area (Å²) in [7, 11) is 1.79. The van der Waals surface area contributed by atoms with Crippen molar-refractivity contribution in [3.63, 3.8) is 0 Å². The second kappa shape index (κ2) is 12.8. The van der Waals surface area contributed by atoms with E-state index in [0.717, 1.165) is 36.7 Å². The fourth-order valence-electron chi connectivity index (χ4n) is 3.37. The number of nitrogens with zero attached hydrogens (tertiary/aromatic N) is 3. The van der Waals surface area contributed by atoms with Crippen LogP contribution in [0.3, 0.4) is 0 Å². The average molecular weight is 497 g/mol. The molecule has 0 unspecified atom stereocenters. The molecule has 6 nitrogen and oxygen atoms in total. The maximum absolute atomic E-state index is 5.58. The van der Waals surface area contributed by atoms with Crippen LogP contribution in [0.15, 0.2) is 46.0 Å². The first-order valence-electron chi connectivity index (χ1n) is 10.0. The highest BCUT2D eigenvalue weighted by atomic mass is 127. The lowest BCUT2D eigenvalue weighted by Crippen LogP contribution is -2.38. The van der Waals surface area contributed by atoms with Gasteiger partial charge in [0.25, 0.3) is 0 Å². The number of halogens is 1. The molecule has 154 valence electrons. The van der Waals surface area contributed by atoms with Crippen molar-refractivity contribution in [2.75, 3.05) is 33.2 Å². The fraction of sp³-hybridized carbons (Fsp3) is 0.524. The predicted octanol–water partition coefficient (Wildman–Crippen LogP) is 3.89. The van der Waals surface area contributed by atoms with Crippen molar-refractivity contribution in [3.05, 3.63) is 42.3 Å². The van der Waals surface area contributed by atoms with E-state index in [2.05, 4.69) is 25.5 Å². The van der Waals surface area contributed by atoms with Crippen LogP contribution >= 0.6 is 24.0 Å². The summed E-state index contributed by atoms with van der Waals surface area (Å²) in [6.45, 7) is 5.17. The molecule has 2 heterocycles. The number of benzene rings is 1. The number of nitrogens with one attached hydrogen (secondary N) is 2. The Balaban J connectivity index is 0.00000280. The smallest absolute Gasteiger partial charge is 0.226 e. The third-order valence-electron chi connectivity index (χ3n) is 4.88. The van der Waals surface area contributed by atoms with Gasteiger partial charge in [-0.3, -0.25) is 4.99 Å². The summed E-state index contributed by atoms with van der Waals surface area (Å²) in [5.41, 5.74) is 1.85. The minimum Gasteiger partial charge on any atom is -0.444 e. The van der Waals surface area contributed by atoms with Gasteiger partial charge in [-0.1, -0.05) is 31.0 Å². The standard InChI is InChI=1S/C21H31N5O.HI/c1-22-21(23-12-9-15-26-13-7-2-3-8-14-26)24-16-19-17-27-20(25-19)18-10-5-4-6-11-18;/h4-6,10-11,17H,2-3,7-9,12-16H2,1H3,(H2,22,23,24);1H. The molecule has 0 saturated carbocycles. The number of oxazole rings is 1. The molecule has 0 atom stereocenters. The summed E-state index contributed by atoms with van der Waals surface area (Å²) in [4.78, 5) is 11.4. The van der Waals surface area contributed by atoms with Gasteiger partial charge in [-0.05, 0) is 51.0 Å². The summed E-state index contributed by atoms with van der Waals surface area (Å²) < 4.78 is 5.58. The highest BCUT2D eigenvalue weighted by molar-refractivity contribution is 14.0. The predicted molar refractivity (Wildman–Crippen MR) is 125 cm³/mol. The van der Waals surface area contributed by atoms with Gasteiger partial charge in [-0.25, -0.2) is 4.98 Å². The number of aliphatic imine (C=N–C) groups is 1. The van der Waals surface area contributed by atoms with Crippen molar-refractivity contribution < 1.29 is 4.42 Å². The summed E-state index contributed by atoms with van der Waals surface area (Å²) in [6.07, 6.45) is 8.29. The highest BCUT2D eigenvalue weighted by Crippen LogP contribution is 2.17. The van der Waals surface area contributed by atoms with Crippen LogP contribution in [0.4, 0.5) is 0 Å². The second-order valence-electron chi connectivity index (χ2n) is 6.97. The van der Waals surface area contributed by atoms with Gasteiger partial charge in [0.05, 0.1) is 12.2 Å². The van der Waals surface area contributed by atoms with E-state index in [1.54, 1.807) is 13.3 Å². The van der Waals surface area contributed by atoms with Crippen molar-refractivity contribution in [1.82, 2.24) is 20.5 Å². The van der Waals surface area contributed by atoms with E-state index in [0.29, 0.717) is 12.4 Å². The molecular weight excluding hydrogens is 465 g/mol. The quantitative estimate of drug-likeness (QED) is 0.263. The van der Waals surface area contributed by atoms with E-state index >= 15 is 0 Å². The Morgan fingerprint density at radius 2 is 1.86 bits per heavy atom. The molecule has 1 saturated heterocycles. The monoisotopic (exact) mass is 497 g/mol. The molecule has 3 rings (SSSR count). The number of rotatable bonds is 7. The van der Waals surface area contributed by atoms with E-state index in [9.17, 15) is 0 Å². The topological polar surface area (TPSA) is 65.7 Å². The van der Waals surface area contributed by atoms with Gasteiger partial charge in [0.2, 0.25) is 5.89 Å². The molecule has 0 bridgehead atoms. The average Bonchev–Trinajstić information content (AvgIpc) is 3.04. The number of guanidine groups is 1. The molecule has 1 aliphatic rings. The summed E-state index contributed by atoms with van der Waals surface area (Å²) in [5, 5.41) is 6.69. The fourth-order valence-corrected chi connectivity index (χ4v) is 3.37. The van der Waals surface area contributed by atoms with Crippen molar-refractivity contribution >= 4 is 29.9 Å². The molecule has 7 heteroatoms. The Kier molecular flexibility index (Phi) is 10.3. The van der Waals surface area contributed by atoms with Crippen LogP contribution in [0.2, 0.25) is 0 Å². The van der Waals surface area contributed by atoms with Crippen LogP contribution in [-0.4, -0.2) is 49.1 Å². The minimum absolute atomic E-state index is 0. The van der Waals surface area contributed by atoms with Crippen molar-refractivity contribution in [2.45, 2.75) is 38.6 Å². The summed E-state index contributed by atoms with van der Waals surface area (Å²) >= 11 is 0. The van der Waals surface area contributed by atoms with Crippen LogP contribution < -0.4 is 10.6 Å². The van der Waals surface area contributed by atoms with Crippen LogP contribution in [0.5, 0.6) is 0 Å². The Labute approximate surface area is 185 Å². The van der Waals surface area contributed by atoms with Gasteiger partial charge in [0.1, 0.15) is 6.26 Å². The molecule has 0 amide bonds. The molecule has 1 aromatic heterocycles. The van der Waals surface area contributed by atoms with Crippen molar-refractivity contribution in [1.29, 1.82) is 0 Å². The Hall–Kier alpha value is -1.61. The van der Waals surface area contributed by atoms with E-state index < -0.39 is 0 Å². The molecular formula is C21H32IN5O. The summed E-state index contributed by atoms with van der Waals surface area (Å²) in [6, 6.07) is 9.93. The lowest BCUT2D eigenvalue weighted by Gasteiger charge is -2.20. The van der Waals surface area contributed by atoms with E-state index in [1.807, 2.05) is 30.3 Å². The lowest BCUT2D eigenvalue weighted by atomic mass is 10.2. The molecule has 0 spiro atoms. The first-order chi connectivity index (χ1) is 13.3. The molecule has 2 aromatic rings. The van der Waals surface area contributed by atoms with Gasteiger partial charge in [0, 0.05) is 19.2 Å². The summed E-state index contributed by atoms with van der Waals surface area (Å²) in [5.74, 6) is 1.45. The van der Waals surface area contributed by atoms with Crippen molar-refractivity contribution in [3.8, 4) is 11.5 Å². The normalized spacial score (nSPS) is 15.5. The Bertz CT molecular complexity index is 696. The van der Waals surface area contributed by atoms with Crippen molar-refractivity contribution in [2.24, 2.45) is 4.99 Å². The molecule has 28 heavy (non-hydrogen) atoms. The number of hydrogen-bond acceptors (Lipinski definition) is 4. The molecule has 1 fully saturated rings. The molecule has 0 radical (unpaired) electrons. The number of hydrogen-bond donors (Lipinski definition) is 2. The zero-order valence-corrected chi connectivity index (χ0v) is 19.0. The van der Waals surface area contributed by atoms with Crippen LogP contribution in [0.1, 0.15) is 37.8 Å². The Morgan fingerprint density at radius 3 is 2.57 bits per heavy atom. The van der Waals surface area contributed by atoms with E-state index in [1.165, 1.54) is 38.8 Å². The van der Waals surface area contributed by atoms with E-state index in [4.69, 9.17) is 4.42 Å². The van der Waals surface area contributed by atoms with Gasteiger partial charge in [0.15, 0.2) is 5.96 Å². The Morgan fingerprint density at radius 1 is 1.11 bits per heavy atom. The highest BCUT2D eigenvalue weighted by Gasteiger charge is 2.09. The first kappa shape index (κ1) is 22.7. The first-order valence-corrected chi connectivity index (χ1v) is 10.0. The van der Waals surface area contributed by atoms with Crippen LogP contribution in [-0.2, 0) is 6.54 Å².